The van der Waals surface area contributed by atoms with Crippen molar-refractivity contribution in [1.29, 1.82) is 0 Å². The third-order valence-electron chi connectivity index (χ3n) is 6.41. The van der Waals surface area contributed by atoms with Crippen LogP contribution in [0.2, 0.25) is 0 Å². The summed E-state index contributed by atoms with van der Waals surface area (Å²) in [6.07, 6.45) is 9.17. The van der Waals surface area contributed by atoms with Crippen LogP contribution in [0.15, 0.2) is 72.0 Å². The fourth-order valence-electron chi connectivity index (χ4n) is 5.09. The van der Waals surface area contributed by atoms with Crippen molar-refractivity contribution in [2.75, 3.05) is 12.3 Å². The molecular formula is C28H29Cl2PZr. The number of fused-ring (bicyclic) bond motifs is 4. The summed E-state index contributed by atoms with van der Waals surface area (Å²) in [5, 5.41) is 1.83. The molecular weight excluding hydrogens is 529 g/mol. The van der Waals surface area contributed by atoms with Gasteiger partial charge in [-0.15, -0.1) is 0 Å². The van der Waals surface area contributed by atoms with Crippen LogP contribution in [0.25, 0.3) is 17.2 Å². The van der Waals surface area contributed by atoms with Gasteiger partial charge >= 0.3 is 195 Å². The molecule has 5 rings (SSSR count). The molecule has 164 valence electrons. The zero-order valence-electron chi connectivity index (χ0n) is 18.7. The van der Waals surface area contributed by atoms with Gasteiger partial charge < -0.3 is 24.8 Å². The second-order valence-corrected chi connectivity index (χ2v) is 14.4. The number of hydrogen-bond donors (Lipinski definition) is 0. The Labute approximate surface area is 218 Å². The number of benzene rings is 3. The molecule has 0 radical (unpaired) electrons. The molecule has 4 heteroatoms. The topological polar surface area (TPSA) is 0 Å². The van der Waals surface area contributed by atoms with E-state index in [9.17, 15) is 0 Å². The van der Waals surface area contributed by atoms with Gasteiger partial charge in [0.1, 0.15) is 0 Å². The molecule has 0 nitrogen and oxygen atoms in total. The Morgan fingerprint density at radius 2 is 1.50 bits per heavy atom. The molecule has 0 aromatic heterocycles. The molecule has 0 bridgehead atoms. The normalized spacial score (nSPS) is 15.1. The maximum atomic E-state index is 2.61. The van der Waals surface area contributed by atoms with Gasteiger partial charge in [-0.05, 0) is 0 Å². The Balaban J connectivity index is 0.00000144. The monoisotopic (exact) mass is 556 g/mol. The van der Waals surface area contributed by atoms with Crippen LogP contribution >= 0.6 is 7.92 Å². The van der Waals surface area contributed by atoms with E-state index in [-0.39, 0.29) is 32.7 Å². The summed E-state index contributed by atoms with van der Waals surface area (Å²) in [5.74, 6) is 0. The number of halogens is 2. The van der Waals surface area contributed by atoms with Gasteiger partial charge in [0.25, 0.3) is 0 Å². The zero-order valence-corrected chi connectivity index (χ0v) is 23.6. The fraction of sp³-hybridized carbons (Fsp3) is 0.286. The molecule has 0 N–H and O–H groups in total. The average Bonchev–Trinajstić information content (AvgIpc) is 3.33. The van der Waals surface area contributed by atoms with Gasteiger partial charge in [-0.1, -0.05) is 0 Å². The Morgan fingerprint density at radius 1 is 0.812 bits per heavy atom. The SMILES string of the molecule is CCCP(CCC)C1=Cc2ccccc2[CH]1[Zr+2][c]1cccc2c1Cc1ccccc1-2.[Cl-].[Cl-]. The maximum absolute atomic E-state index is 2.61. The molecule has 0 heterocycles. The minimum absolute atomic E-state index is 0. The van der Waals surface area contributed by atoms with Crippen molar-refractivity contribution in [2.24, 2.45) is 0 Å². The van der Waals surface area contributed by atoms with Gasteiger partial charge in [0.05, 0.1) is 0 Å². The van der Waals surface area contributed by atoms with Crippen LogP contribution in [0.3, 0.4) is 0 Å². The zero-order chi connectivity index (χ0) is 20.5. The Morgan fingerprint density at radius 3 is 2.28 bits per heavy atom. The summed E-state index contributed by atoms with van der Waals surface area (Å²) >= 11 is -0.815. The predicted octanol–water partition coefficient (Wildman–Crippen LogP) is 1.37. The van der Waals surface area contributed by atoms with E-state index in [1.807, 2.05) is 5.31 Å². The maximum Gasteiger partial charge on any atom is -1.00 e. The van der Waals surface area contributed by atoms with Gasteiger partial charge in [-0.3, -0.25) is 0 Å². The van der Waals surface area contributed by atoms with E-state index in [2.05, 4.69) is 86.7 Å². The molecule has 0 saturated heterocycles. The van der Waals surface area contributed by atoms with Crippen molar-refractivity contribution >= 4 is 17.3 Å². The largest absolute Gasteiger partial charge is 1.00 e. The van der Waals surface area contributed by atoms with Crippen molar-refractivity contribution in [1.82, 2.24) is 0 Å². The van der Waals surface area contributed by atoms with Crippen LogP contribution in [0, 0.1) is 0 Å². The third-order valence-corrected chi connectivity index (χ3v) is 14.3. The van der Waals surface area contributed by atoms with E-state index in [0.29, 0.717) is 0 Å². The molecule has 0 spiro atoms. The molecule has 0 amide bonds. The molecule has 32 heavy (non-hydrogen) atoms. The van der Waals surface area contributed by atoms with Gasteiger partial charge in [0.2, 0.25) is 0 Å². The van der Waals surface area contributed by atoms with Crippen LogP contribution in [-0.2, 0) is 29.7 Å². The molecule has 2 aliphatic rings. The smallest absolute Gasteiger partial charge is 1.00 e. The summed E-state index contributed by atoms with van der Waals surface area (Å²) in [4.78, 5) is 0. The van der Waals surface area contributed by atoms with E-state index in [1.165, 1.54) is 47.4 Å². The first-order valence-corrected chi connectivity index (χ1v) is 15.7. The fourth-order valence-corrected chi connectivity index (χ4v) is 13.3. The Bertz CT molecular complexity index is 1100. The minimum Gasteiger partial charge on any atom is -1.00 e. The van der Waals surface area contributed by atoms with Crippen molar-refractivity contribution in [2.45, 2.75) is 36.7 Å². The van der Waals surface area contributed by atoms with Gasteiger partial charge in [0.15, 0.2) is 0 Å². The average molecular weight is 559 g/mol. The molecule has 0 fully saturated rings. The van der Waals surface area contributed by atoms with E-state index in [0.717, 1.165) is 10.0 Å². The molecule has 1 unspecified atom stereocenters. The molecule has 0 saturated carbocycles. The molecule has 3 aromatic rings. The van der Waals surface area contributed by atoms with Crippen LogP contribution in [0.1, 0.15) is 52.6 Å². The first-order valence-electron chi connectivity index (χ1n) is 11.3. The van der Waals surface area contributed by atoms with E-state index in [1.54, 1.807) is 14.4 Å². The third kappa shape index (κ3) is 4.88. The number of rotatable bonds is 7. The predicted molar refractivity (Wildman–Crippen MR) is 129 cm³/mol. The summed E-state index contributed by atoms with van der Waals surface area (Å²) in [5.41, 5.74) is 9.27. The van der Waals surface area contributed by atoms with E-state index in [4.69, 9.17) is 0 Å². The first kappa shape index (κ1) is 25.9. The summed E-state index contributed by atoms with van der Waals surface area (Å²) in [6.45, 7) is 4.73. The standard InChI is InChI=1S/C15H20P.C13H9.2ClH.Zr/c1-3-9-16(10-4-2)15-11-13-7-5-6-8-14(13)12-15;1-3-7-12-10(5-1)9-11-6-2-4-8-13(11)12;;;/h5-8,11-12H,3-4,9-10H2,1-2H3;1-5,7-8H,9H2;2*1H;/q;;;;+2/p-2. The van der Waals surface area contributed by atoms with Crippen molar-refractivity contribution < 1.29 is 48.0 Å². The van der Waals surface area contributed by atoms with Gasteiger partial charge in [0, 0.05) is 0 Å². The molecule has 2 aliphatic carbocycles. The van der Waals surface area contributed by atoms with Crippen LogP contribution in [0.5, 0.6) is 0 Å². The van der Waals surface area contributed by atoms with Crippen LogP contribution in [-0.4, -0.2) is 12.3 Å². The van der Waals surface area contributed by atoms with Gasteiger partial charge in [-0.25, -0.2) is 0 Å². The molecule has 1 atom stereocenters. The second-order valence-electron chi connectivity index (χ2n) is 8.43. The van der Waals surface area contributed by atoms with Crippen molar-refractivity contribution in [3.05, 3.63) is 94.3 Å². The summed E-state index contributed by atoms with van der Waals surface area (Å²) in [7, 11) is 0.00724. The van der Waals surface area contributed by atoms with E-state index >= 15 is 0 Å². The minimum atomic E-state index is -0.815. The second kappa shape index (κ2) is 11.6. The molecule has 0 aliphatic heterocycles. The molecule has 3 aromatic carbocycles. The summed E-state index contributed by atoms with van der Waals surface area (Å²) in [6, 6.07) is 25.4. The van der Waals surface area contributed by atoms with Crippen molar-refractivity contribution in [3.8, 4) is 11.1 Å². The van der Waals surface area contributed by atoms with E-state index < -0.39 is 23.2 Å². The van der Waals surface area contributed by atoms with Crippen molar-refractivity contribution in [3.63, 3.8) is 0 Å². The first-order chi connectivity index (χ1) is 14.8. The number of allylic oxidation sites excluding steroid dienone is 1. The van der Waals surface area contributed by atoms with Gasteiger partial charge in [-0.2, -0.15) is 0 Å². The summed E-state index contributed by atoms with van der Waals surface area (Å²) < 4.78 is 2.45. The Hall–Kier alpha value is -0.707. The van der Waals surface area contributed by atoms with Crippen LogP contribution in [0.4, 0.5) is 0 Å². The quantitative estimate of drug-likeness (QED) is 0.301. The number of hydrogen-bond acceptors (Lipinski definition) is 0. The Kier molecular flexibility index (Phi) is 9.41. The van der Waals surface area contributed by atoms with Crippen LogP contribution < -0.4 is 28.1 Å².